The standard InChI is InChI=1S/C14H13ClF3N3O2/c15-10-3-1-9(2-4-10)11-5-6-19-21(11)12(22)20-7-13(23,8-20)14(16,17)18/h1-4,6,11,23H,5,7-8H2. The van der Waals surface area contributed by atoms with E-state index in [0.717, 1.165) is 15.5 Å². The zero-order valence-electron chi connectivity index (χ0n) is 11.8. The van der Waals surface area contributed by atoms with Crippen LogP contribution in [0.15, 0.2) is 29.4 Å². The Balaban J connectivity index is 1.70. The van der Waals surface area contributed by atoms with Gasteiger partial charge in [0.25, 0.3) is 0 Å². The maximum Gasteiger partial charge on any atom is 0.420 e. The third-order valence-electron chi connectivity index (χ3n) is 3.98. The van der Waals surface area contributed by atoms with Crippen molar-refractivity contribution in [3.05, 3.63) is 34.9 Å². The molecule has 1 unspecified atom stereocenters. The molecule has 0 saturated carbocycles. The Bertz CT molecular complexity index is 642. The molecule has 0 aromatic heterocycles. The maximum absolute atomic E-state index is 12.6. The number of hydrazone groups is 1. The number of urea groups is 1. The fourth-order valence-electron chi connectivity index (χ4n) is 2.60. The van der Waals surface area contributed by atoms with Crippen LogP contribution in [0.4, 0.5) is 18.0 Å². The van der Waals surface area contributed by atoms with Gasteiger partial charge in [0.05, 0.1) is 19.1 Å². The lowest BCUT2D eigenvalue weighted by Crippen LogP contribution is -2.71. The van der Waals surface area contributed by atoms with E-state index in [-0.39, 0.29) is 6.04 Å². The molecule has 1 saturated heterocycles. The van der Waals surface area contributed by atoms with Crippen molar-refractivity contribution in [3.8, 4) is 0 Å². The van der Waals surface area contributed by atoms with Gasteiger partial charge in [-0.05, 0) is 17.7 Å². The minimum atomic E-state index is -4.76. The summed E-state index contributed by atoms with van der Waals surface area (Å²) >= 11 is 5.82. The van der Waals surface area contributed by atoms with Crippen LogP contribution in [0.25, 0.3) is 0 Å². The molecule has 2 aliphatic heterocycles. The van der Waals surface area contributed by atoms with E-state index in [1.54, 1.807) is 24.3 Å². The first-order valence-corrected chi connectivity index (χ1v) is 7.24. The lowest BCUT2D eigenvalue weighted by atomic mass is 9.94. The molecule has 2 amide bonds. The second kappa shape index (κ2) is 5.38. The number of halogens is 4. The van der Waals surface area contributed by atoms with Crippen molar-refractivity contribution < 1.29 is 23.1 Å². The number of benzene rings is 1. The fraction of sp³-hybridized carbons (Fsp3) is 0.429. The van der Waals surface area contributed by atoms with Gasteiger partial charge in [-0.2, -0.15) is 18.3 Å². The first-order valence-electron chi connectivity index (χ1n) is 6.86. The lowest BCUT2D eigenvalue weighted by Gasteiger charge is -2.47. The molecule has 9 heteroatoms. The van der Waals surface area contributed by atoms with Gasteiger partial charge >= 0.3 is 12.2 Å². The van der Waals surface area contributed by atoms with Crippen LogP contribution in [-0.2, 0) is 0 Å². The molecule has 1 aromatic rings. The number of nitrogens with zero attached hydrogens (tertiary/aromatic N) is 3. The van der Waals surface area contributed by atoms with Crippen LogP contribution < -0.4 is 0 Å². The number of hydrogen-bond donors (Lipinski definition) is 1. The Morgan fingerprint density at radius 1 is 1.30 bits per heavy atom. The highest BCUT2D eigenvalue weighted by Crippen LogP contribution is 2.39. The summed E-state index contributed by atoms with van der Waals surface area (Å²) in [7, 11) is 0. The Morgan fingerprint density at radius 3 is 2.48 bits per heavy atom. The van der Waals surface area contributed by atoms with Crippen molar-refractivity contribution >= 4 is 23.8 Å². The molecule has 23 heavy (non-hydrogen) atoms. The van der Waals surface area contributed by atoms with E-state index < -0.39 is 30.9 Å². The summed E-state index contributed by atoms with van der Waals surface area (Å²) in [6.45, 7) is -1.57. The Labute approximate surface area is 134 Å². The Morgan fingerprint density at radius 2 is 1.91 bits per heavy atom. The number of carbonyl (C=O) groups is 1. The summed E-state index contributed by atoms with van der Waals surface area (Å²) in [6, 6.07) is 5.77. The monoisotopic (exact) mass is 347 g/mol. The second-order valence-electron chi connectivity index (χ2n) is 5.61. The smallest absolute Gasteiger partial charge is 0.378 e. The molecule has 0 spiro atoms. The van der Waals surface area contributed by atoms with E-state index in [1.807, 2.05) is 0 Å². The van der Waals surface area contributed by atoms with E-state index in [9.17, 15) is 23.1 Å². The van der Waals surface area contributed by atoms with Crippen LogP contribution in [-0.4, -0.2) is 52.1 Å². The van der Waals surface area contributed by atoms with Crippen molar-refractivity contribution in [2.24, 2.45) is 5.10 Å². The molecule has 2 heterocycles. The average Bonchev–Trinajstić information content (AvgIpc) is 2.92. The first-order chi connectivity index (χ1) is 10.7. The minimum Gasteiger partial charge on any atom is -0.378 e. The van der Waals surface area contributed by atoms with Crippen LogP contribution in [0.3, 0.4) is 0 Å². The number of rotatable bonds is 1. The number of amides is 2. The molecule has 0 bridgehead atoms. The highest BCUT2D eigenvalue weighted by atomic mass is 35.5. The van der Waals surface area contributed by atoms with Gasteiger partial charge in [0.15, 0.2) is 5.60 Å². The van der Waals surface area contributed by atoms with Crippen molar-refractivity contribution in [2.75, 3.05) is 13.1 Å². The van der Waals surface area contributed by atoms with Crippen LogP contribution in [0.2, 0.25) is 5.02 Å². The highest BCUT2D eigenvalue weighted by Gasteiger charge is 2.62. The molecule has 5 nitrogen and oxygen atoms in total. The molecular formula is C14H13ClF3N3O2. The van der Waals surface area contributed by atoms with Crippen LogP contribution in [0, 0.1) is 0 Å². The molecule has 3 rings (SSSR count). The summed E-state index contributed by atoms with van der Waals surface area (Å²) in [5, 5.41) is 15.1. The van der Waals surface area contributed by atoms with Crippen LogP contribution in [0.5, 0.6) is 0 Å². The molecule has 1 aromatic carbocycles. The van der Waals surface area contributed by atoms with Gasteiger partial charge in [0, 0.05) is 17.7 Å². The molecule has 0 radical (unpaired) electrons. The van der Waals surface area contributed by atoms with Crippen molar-refractivity contribution in [1.29, 1.82) is 0 Å². The second-order valence-corrected chi connectivity index (χ2v) is 6.05. The van der Waals surface area contributed by atoms with Crippen molar-refractivity contribution in [3.63, 3.8) is 0 Å². The number of alkyl halides is 3. The van der Waals surface area contributed by atoms with Gasteiger partial charge < -0.3 is 10.0 Å². The third kappa shape index (κ3) is 2.76. The van der Waals surface area contributed by atoms with Crippen molar-refractivity contribution in [1.82, 2.24) is 9.91 Å². The topological polar surface area (TPSA) is 56.1 Å². The molecule has 1 atom stereocenters. The number of β-amino-alcohol motifs (C(OH)–C–C–N with tert-alkyl or cyclic N) is 1. The highest BCUT2D eigenvalue weighted by molar-refractivity contribution is 6.30. The molecule has 0 aliphatic carbocycles. The summed E-state index contributed by atoms with van der Waals surface area (Å²) in [4.78, 5) is 13.3. The van der Waals surface area contributed by atoms with Gasteiger partial charge in [-0.25, -0.2) is 9.80 Å². The van der Waals surface area contributed by atoms with E-state index in [2.05, 4.69) is 5.10 Å². The average molecular weight is 348 g/mol. The van der Waals surface area contributed by atoms with Crippen LogP contribution in [0.1, 0.15) is 18.0 Å². The summed E-state index contributed by atoms with van der Waals surface area (Å²) in [5.74, 6) is 0. The van der Waals surface area contributed by atoms with Crippen molar-refractivity contribution in [2.45, 2.75) is 24.2 Å². The first kappa shape index (κ1) is 16.1. The number of likely N-dealkylation sites (tertiary alicyclic amines) is 1. The molecule has 124 valence electrons. The maximum atomic E-state index is 12.6. The zero-order valence-corrected chi connectivity index (χ0v) is 12.6. The van der Waals surface area contributed by atoms with Gasteiger partial charge in [-0.1, -0.05) is 23.7 Å². The summed E-state index contributed by atoms with van der Waals surface area (Å²) in [6.07, 6.45) is -2.76. The molecular weight excluding hydrogens is 335 g/mol. The Hall–Kier alpha value is -1.80. The Kier molecular flexibility index (Phi) is 3.76. The predicted molar refractivity (Wildman–Crippen MR) is 77.1 cm³/mol. The van der Waals surface area contributed by atoms with E-state index in [0.29, 0.717) is 11.4 Å². The summed E-state index contributed by atoms with van der Waals surface area (Å²) < 4.78 is 37.9. The zero-order chi connectivity index (χ0) is 16.8. The van der Waals surface area contributed by atoms with Crippen LogP contribution >= 0.6 is 11.6 Å². The molecule has 1 N–H and O–H groups in total. The number of aliphatic hydroxyl groups is 1. The number of carbonyl (C=O) groups excluding carboxylic acids is 1. The molecule has 2 aliphatic rings. The van der Waals surface area contributed by atoms with E-state index in [4.69, 9.17) is 11.6 Å². The van der Waals surface area contributed by atoms with Gasteiger partial charge in [0.2, 0.25) is 0 Å². The number of hydrogen-bond acceptors (Lipinski definition) is 3. The molecule has 1 fully saturated rings. The quantitative estimate of drug-likeness (QED) is 0.849. The van der Waals surface area contributed by atoms with E-state index in [1.165, 1.54) is 6.21 Å². The van der Waals surface area contributed by atoms with Gasteiger partial charge in [-0.3, -0.25) is 0 Å². The minimum absolute atomic E-state index is 0.389. The lowest BCUT2D eigenvalue weighted by molar-refractivity contribution is -0.294. The largest absolute Gasteiger partial charge is 0.420 e. The fourth-order valence-corrected chi connectivity index (χ4v) is 2.73. The van der Waals surface area contributed by atoms with Gasteiger partial charge in [-0.15, -0.1) is 0 Å². The normalized spacial score (nSPS) is 23.1. The summed E-state index contributed by atoms with van der Waals surface area (Å²) in [5.41, 5.74) is -2.05. The van der Waals surface area contributed by atoms with Gasteiger partial charge in [0.1, 0.15) is 0 Å². The third-order valence-corrected chi connectivity index (χ3v) is 4.24. The van der Waals surface area contributed by atoms with E-state index >= 15 is 0 Å². The SMILES string of the molecule is O=C(N1CC(O)(C(F)(F)F)C1)N1N=CCC1c1ccc(Cl)cc1. The predicted octanol–water partition coefficient (Wildman–Crippen LogP) is 2.80.